The van der Waals surface area contributed by atoms with Gasteiger partial charge in [-0.1, -0.05) is 30.3 Å². The van der Waals surface area contributed by atoms with Crippen molar-refractivity contribution in [3.05, 3.63) is 65.5 Å². The van der Waals surface area contributed by atoms with Crippen molar-refractivity contribution < 1.29 is 9.90 Å². The number of aromatic nitrogens is 1. The number of benzene rings is 1. The van der Waals surface area contributed by atoms with Crippen LogP contribution in [0.5, 0.6) is 0 Å². The quantitative estimate of drug-likeness (QED) is 0.732. The Morgan fingerprint density at radius 3 is 2.65 bits per heavy atom. The second-order valence-electron chi connectivity index (χ2n) is 5.56. The van der Waals surface area contributed by atoms with E-state index in [4.69, 9.17) is 0 Å². The predicted octanol–water partition coefficient (Wildman–Crippen LogP) is 2.04. The average molecular weight is 313 g/mol. The maximum Gasteiger partial charge on any atom is 0.315 e. The highest BCUT2D eigenvalue weighted by Crippen LogP contribution is 2.06. The van der Waals surface area contributed by atoms with Gasteiger partial charge in [-0.05, 0) is 36.6 Å². The molecule has 0 radical (unpaired) electrons. The molecule has 5 heteroatoms. The first kappa shape index (κ1) is 17.0. The number of aryl methyl sites for hydroxylation is 1. The number of hydrogen-bond acceptors (Lipinski definition) is 3. The molecule has 0 aliphatic carbocycles. The molecule has 1 unspecified atom stereocenters. The zero-order chi connectivity index (χ0) is 16.5. The molecule has 0 fully saturated rings. The summed E-state index contributed by atoms with van der Waals surface area (Å²) in [6.07, 6.45) is 2.36. The van der Waals surface area contributed by atoms with Gasteiger partial charge in [-0.2, -0.15) is 0 Å². The normalized spacial score (nSPS) is 11.7. The molecule has 23 heavy (non-hydrogen) atoms. The van der Waals surface area contributed by atoms with Gasteiger partial charge in [0.1, 0.15) is 0 Å². The van der Waals surface area contributed by atoms with Crippen LogP contribution in [-0.4, -0.2) is 29.3 Å². The van der Waals surface area contributed by atoms with Gasteiger partial charge in [0.05, 0.1) is 0 Å². The number of aliphatic hydroxyl groups is 1. The molecule has 1 aromatic carbocycles. The fraction of sp³-hybridized carbons (Fsp3) is 0.333. The number of urea groups is 1. The minimum Gasteiger partial charge on any atom is -0.396 e. The molecule has 2 aromatic rings. The summed E-state index contributed by atoms with van der Waals surface area (Å²) in [4.78, 5) is 16.1. The monoisotopic (exact) mass is 313 g/mol. The van der Waals surface area contributed by atoms with E-state index in [9.17, 15) is 9.90 Å². The Bertz CT molecular complexity index is 617. The topological polar surface area (TPSA) is 74.2 Å². The smallest absolute Gasteiger partial charge is 0.315 e. The first-order valence-corrected chi connectivity index (χ1v) is 7.76. The molecule has 5 nitrogen and oxygen atoms in total. The summed E-state index contributed by atoms with van der Waals surface area (Å²) in [7, 11) is 0. The van der Waals surface area contributed by atoms with Crippen LogP contribution in [0.1, 0.15) is 16.8 Å². The first-order valence-electron chi connectivity index (χ1n) is 7.76. The molecule has 0 aliphatic rings. The molecule has 3 N–H and O–H groups in total. The van der Waals surface area contributed by atoms with E-state index in [1.165, 1.54) is 0 Å². The van der Waals surface area contributed by atoms with Gasteiger partial charge in [-0.15, -0.1) is 0 Å². The van der Waals surface area contributed by atoms with Crippen LogP contribution in [0, 0.1) is 12.8 Å². The highest BCUT2D eigenvalue weighted by molar-refractivity contribution is 5.73. The minimum atomic E-state index is -0.229. The number of rotatable bonds is 7. The third-order valence-corrected chi connectivity index (χ3v) is 3.73. The lowest BCUT2D eigenvalue weighted by molar-refractivity contribution is 0.213. The summed E-state index contributed by atoms with van der Waals surface area (Å²) in [5.74, 6) is -0.0471. The molecule has 2 rings (SSSR count). The number of carbonyl (C=O) groups is 1. The summed E-state index contributed by atoms with van der Waals surface area (Å²) >= 11 is 0. The third kappa shape index (κ3) is 5.71. The van der Waals surface area contributed by atoms with Crippen LogP contribution in [0.25, 0.3) is 0 Å². The molecule has 2 amide bonds. The van der Waals surface area contributed by atoms with Gasteiger partial charge in [0.15, 0.2) is 0 Å². The van der Waals surface area contributed by atoms with E-state index in [1.807, 2.05) is 49.4 Å². The van der Waals surface area contributed by atoms with Gasteiger partial charge in [0.2, 0.25) is 0 Å². The fourth-order valence-corrected chi connectivity index (χ4v) is 2.30. The van der Waals surface area contributed by atoms with Crippen LogP contribution < -0.4 is 10.6 Å². The summed E-state index contributed by atoms with van der Waals surface area (Å²) < 4.78 is 0. The Kier molecular flexibility index (Phi) is 6.56. The molecule has 1 aromatic heterocycles. The summed E-state index contributed by atoms with van der Waals surface area (Å²) in [5.41, 5.74) is 3.15. The van der Waals surface area contributed by atoms with E-state index >= 15 is 0 Å². The highest BCUT2D eigenvalue weighted by Gasteiger charge is 2.11. The Hall–Kier alpha value is -2.40. The van der Waals surface area contributed by atoms with Gasteiger partial charge < -0.3 is 15.7 Å². The molecule has 0 aliphatic heterocycles. The molecular formula is C18H23N3O2. The second kappa shape index (κ2) is 8.90. The van der Waals surface area contributed by atoms with E-state index in [2.05, 4.69) is 15.6 Å². The van der Waals surface area contributed by atoms with Crippen LogP contribution in [0.2, 0.25) is 0 Å². The maximum atomic E-state index is 11.9. The van der Waals surface area contributed by atoms with E-state index in [0.29, 0.717) is 19.5 Å². The Morgan fingerprint density at radius 2 is 1.96 bits per heavy atom. The Labute approximate surface area is 136 Å². The third-order valence-electron chi connectivity index (χ3n) is 3.73. The number of carbonyl (C=O) groups excluding carboxylic acids is 1. The minimum absolute atomic E-state index is 0.00858. The molecule has 0 saturated carbocycles. The molecular weight excluding hydrogens is 290 g/mol. The van der Waals surface area contributed by atoms with Crippen molar-refractivity contribution in [2.24, 2.45) is 5.92 Å². The maximum absolute atomic E-state index is 11.9. The van der Waals surface area contributed by atoms with Crippen molar-refractivity contribution in [2.75, 3.05) is 13.2 Å². The largest absolute Gasteiger partial charge is 0.396 e. The van der Waals surface area contributed by atoms with E-state index in [-0.39, 0.29) is 18.6 Å². The van der Waals surface area contributed by atoms with E-state index in [0.717, 1.165) is 16.8 Å². The van der Waals surface area contributed by atoms with Crippen LogP contribution in [0.15, 0.2) is 48.7 Å². The molecule has 0 bridgehead atoms. The van der Waals surface area contributed by atoms with E-state index < -0.39 is 0 Å². The van der Waals surface area contributed by atoms with Gasteiger partial charge in [-0.25, -0.2) is 4.79 Å². The number of nitrogens with one attached hydrogen (secondary N) is 2. The predicted molar refractivity (Wildman–Crippen MR) is 89.9 cm³/mol. The number of aliphatic hydroxyl groups excluding tert-OH is 1. The van der Waals surface area contributed by atoms with Crippen LogP contribution >= 0.6 is 0 Å². The molecule has 122 valence electrons. The Morgan fingerprint density at radius 1 is 1.17 bits per heavy atom. The number of hydrogen-bond donors (Lipinski definition) is 3. The van der Waals surface area contributed by atoms with Crippen molar-refractivity contribution in [3.63, 3.8) is 0 Å². The highest BCUT2D eigenvalue weighted by atomic mass is 16.3. The summed E-state index contributed by atoms with van der Waals surface area (Å²) in [6, 6.07) is 13.4. The molecule has 0 spiro atoms. The van der Waals surface area contributed by atoms with Crippen molar-refractivity contribution >= 4 is 6.03 Å². The lowest BCUT2D eigenvalue weighted by Gasteiger charge is -2.15. The molecule has 1 atom stereocenters. The fourth-order valence-electron chi connectivity index (χ4n) is 2.30. The zero-order valence-electron chi connectivity index (χ0n) is 13.3. The van der Waals surface area contributed by atoms with Gasteiger partial charge >= 0.3 is 6.03 Å². The first-order chi connectivity index (χ1) is 11.2. The lowest BCUT2D eigenvalue weighted by atomic mass is 10.0. The number of amides is 2. The van der Waals surface area contributed by atoms with E-state index in [1.54, 1.807) is 6.20 Å². The van der Waals surface area contributed by atoms with Crippen molar-refractivity contribution in [2.45, 2.75) is 19.9 Å². The average Bonchev–Trinajstić information content (AvgIpc) is 2.58. The zero-order valence-corrected chi connectivity index (χ0v) is 13.3. The molecule has 0 saturated heterocycles. The van der Waals surface area contributed by atoms with Crippen molar-refractivity contribution in [3.8, 4) is 0 Å². The lowest BCUT2D eigenvalue weighted by Crippen LogP contribution is -2.39. The van der Waals surface area contributed by atoms with Crippen LogP contribution in [0.3, 0.4) is 0 Å². The molecule has 1 heterocycles. The SMILES string of the molecule is Cc1ccccc1CNC(=O)NCC(CO)Cc1ccccn1. The standard InChI is InChI=1S/C18H23N3O2/c1-14-6-2-3-7-16(14)12-21-18(23)20-11-15(13-22)10-17-8-4-5-9-19-17/h2-9,15,22H,10-13H2,1H3,(H2,20,21,23). The van der Waals surface area contributed by atoms with Gasteiger partial charge in [-0.3, -0.25) is 4.98 Å². The summed E-state index contributed by atoms with van der Waals surface area (Å²) in [5, 5.41) is 15.1. The van der Waals surface area contributed by atoms with Crippen molar-refractivity contribution in [1.29, 1.82) is 0 Å². The summed E-state index contributed by atoms with van der Waals surface area (Å²) in [6.45, 7) is 2.92. The number of pyridine rings is 1. The van der Waals surface area contributed by atoms with Crippen molar-refractivity contribution in [1.82, 2.24) is 15.6 Å². The number of nitrogens with zero attached hydrogens (tertiary/aromatic N) is 1. The van der Waals surface area contributed by atoms with Gasteiger partial charge in [0, 0.05) is 37.5 Å². The van der Waals surface area contributed by atoms with Crippen LogP contribution in [0.4, 0.5) is 4.79 Å². The van der Waals surface area contributed by atoms with Crippen LogP contribution in [-0.2, 0) is 13.0 Å². The van der Waals surface area contributed by atoms with Gasteiger partial charge in [0.25, 0.3) is 0 Å². The second-order valence-corrected chi connectivity index (χ2v) is 5.56. The Balaban J connectivity index is 1.75.